The van der Waals surface area contributed by atoms with Gasteiger partial charge < -0.3 is 14.1 Å². The first-order valence-electron chi connectivity index (χ1n) is 8.03. The van der Waals surface area contributed by atoms with Crippen LogP contribution in [0.3, 0.4) is 0 Å². The van der Waals surface area contributed by atoms with E-state index < -0.39 is 0 Å². The van der Waals surface area contributed by atoms with Crippen LogP contribution in [0.2, 0.25) is 5.02 Å². The SMILES string of the molecule is Cc1ccc(-c2nnc(CN(C)C(=O)COc3ccc(Cl)cc3)o2)cc1. The van der Waals surface area contributed by atoms with E-state index in [-0.39, 0.29) is 19.1 Å². The molecule has 3 aromatic rings. The number of halogens is 1. The standard InChI is InChI=1S/C19H18ClN3O3/c1-13-3-5-14(6-4-13)19-22-21-17(26-19)11-23(2)18(24)12-25-16-9-7-15(20)8-10-16/h3-10H,11-12H2,1-2H3. The maximum atomic E-state index is 12.2. The Kier molecular flexibility index (Phi) is 5.53. The third-order valence-corrected chi connectivity index (χ3v) is 3.99. The van der Waals surface area contributed by atoms with Crippen LogP contribution >= 0.6 is 11.6 Å². The number of likely N-dealkylation sites (N-methyl/N-ethyl adjacent to an activating group) is 1. The summed E-state index contributed by atoms with van der Waals surface area (Å²) in [5.74, 6) is 1.17. The summed E-state index contributed by atoms with van der Waals surface area (Å²) in [5.41, 5.74) is 1.99. The first-order chi connectivity index (χ1) is 12.5. The lowest BCUT2D eigenvalue weighted by Gasteiger charge is -2.15. The number of hydrogen-bond acceptors (Lipinski definition) is 5. The Morgan fingerprint density at radius 2 is 1.81 bits per heavy atom. The molecule has 0 saturated heterocycles. The lowest BCUT2D eigenvalue weighted by Crippen LogP contribution is -2.31. The van der Waals surface area contributed by atoms with E-state index in [9.17, 15) is 4.79 Å². The maximum absolute atomic E-state index is 12.2. The summed E-state index contributed by atoms with van der Waals surface area (Å²) in [4.78, 5) is 13.7. The first-order valence-corrected chi connectivity index (χ1v) is 8.41. The number of hydrogen-bond donors (Lipinski definition) is 0. The number of rotatable bonds is 6. The molecule has 0 unspecified atom stereocenters. The number of aromatic nitrogens is 2. The van der Waals surface area contributed by atoms with Crippen LogP contribution in [-0.2, 0) is 11.3 Å². The number of benzene rings is 2. The summed E-state index contributed by atoms with van der Waals surface area (Å²) in [6, 6.07) is 14.6. The monoisotopic (exact) mass is 371 g/mol. The van der Waals surface area contributed by atoms with Crippen LogP contribution in [0.25, 0.3) is 11.5 Å². The van der Waals surface area contributed by atoms with E-state index in [1.807, 2.05) is 31.2 Å². The summed E-state index contributed by atoms with van der Waals surface area (Å²) in [6.07, 6.45) is 0. The Balaban J connectivity index is 1.55. The number of carbonyl (C=O) groups is 1. The molecule has 1 heterocycles. The fourth-order valence-corrected chi connectivity index (χ4v) is 2.33. The van der Waals surface area contributed by atoms with E-state index in [0.29, 0.717) is 22.6 Å². The van der Waals surface area contributed by atoms with Crippen molar-refractivity contribution in [1.29, 1.82) is 0 Å². The van der Waals surface area contributed by atoms with Gasteiger partial charge in [0.2, 0.25) is 11.8 Å². The lowest BCUT2D eigenvalue weighted by atomic mass is 10.1. The average molecular weight is 372 g/mol. The van der Waals surface area contributed by atoms with E-state index >= 15 is 0 Å². The molecule has 0 bridgehead atoms. The molecule has 0 saturated carbocycles. The van der Waals surface area contributed by atoms with E-state index in [1.165, 1.54) is 4.90 Å². The minimum Gasteiger partial charge on any atom is -0.484 e. The van der Waals surface area contributed by atoms with Gasteiger partial charge in [0.05, 0.1) is 6.54 Å². The summed E-state index contributed by atoms with van der Waals surface area (Å²) in [7, 11) is 1.66. The van der Waals surface area contributed by atoms with Gasteiger partial charge in [0.15, 0.2) is 6.61 Å². The third kappa shape index (κ3) is 4.61. The van der Waals surface area contributed by atoms with Gasteiger partial charge in [-0.25, -0.2) is 0 Å². The van der Waals surface area contributed by atoms with Gasteiger partial charge in [0.25, 0.3) is 5.91 Å². The zero-order valence-electron chi connectivity index (χ0n) is 14.5. The van der Waals surface area contributed by atoms with Crippen molar-refractivity contribution < 1.29 is 13.9 Å². The van der Waals surface area contributed by atoms with Crippen LogP contribution in [0, 0.1) is 6.92 Å². The molecule has 1 amide bonds. The number of aryl methyl sites for hydroxylation is 1. The van der Waals surface area contributed by atoms with Gasteiger partial charge in [-0.15, -0.1) is 10.2 Å². The van der Waals surface area contributed by atoms with Crippen molar-refractivity contribution in [3.8, 4) is 17.2 Å². The predicted molar refractivity (Wildman–Crippen MR) is 97.9 cm³/mol. The third-order valence-electron chi connectivity index (χ3n) is 3.74. The summed E-state index contributed by atoms with van der Waals surface area (Å²) in [5, 5.41) is 8.64. The molecule has 7 heteroatoms. The summed E-state index contributed by atoms with van der Waals surface area (Å²) < 4.78 is 11.1. The molecule has 134 valence electrons. The molecule has 0 aliphatic carbocycles. The van der Waals surface area contributed by atoms with Gasteiger partial charge in [-0.3, -0.25) is 4.79 Å². The van der Waals surface area contributed by atoms with Crippen LogP contribution in [-0.4, -0.2) is 34.7 Å². The van der Waals surface area contributed by atoms with Crippen molar-refractivity contribution in [3.63, 3.8) is 0 Å². The van der Waals surface area contributed by atoms with Gasteiger partial charge in [-0.2, -0.15) is 0 Å². The molecular weight excluding hydrogens is 354 g/mol. The number of amides is 1. The second kappa shape index (κ2) is 8.01. The quantitative estimate of drug-likeness (QED) is 0.660. The molecule has 0 atom stereocenters. The van der Waals surface area contributed by atoms with Crippen molar-refractivity contribution in [3.05, 3.63) is 65.0 Å². The van der Waals surface area contributed by atoms with E-state index in [4.69, 9.17) is 20.8 Å². The second-order valence-electron chi connectivity index (χ2n) is 5.86. The molecule has 26 heavy (non-hydrogen) atoms. The van der Waals surface area contributed by atoms with E-state index in [1.54, 1.807) is 31.3 Å². The van der Waals surface area contributed by atoms with Crippen LogP contribution in [0.4, 0.5) is 0 Å². The Bertz CT molecular complexity index is 876. The van der Waals surface area contributed by atoms with Crippen molar-refractivity contribution >= 4 is 17.5 Å². The number of carbonyl (C=O) groups excluding carboxylic acids is 1. The van der Waals surface area contributed by atoms with Crippen molar-refractivity contribution in [2.75, 3.05) is 13.7 Å². The number of ether oxygens (including phenoxy) is 1. The second-order valence-corrected chi connectivity index (χ2v) is 6.30. The van der Waals surface area contributed by atoms with Crippen LogP contribution in [0.5, 0.6) is 5.75 Å². The Morgan fingerprint density at radius 3 is 2.50 bits per heavy atom. The van der Waals surface area contributed by atoms with Crippen LogP contribution in [0.15, 0.2) is 52.9 Å². The molecule has 2 aromatic carbocycles. The van der Waals surface area contributed by atoms with E-state index in [2.05, 4.69) is 10.2 Å². The molecule has 0 aliphatic heterocycles. The fraction of sp³-hybridized carbons (Fsp3) is 0.211. The molecule has 0 spiro atoms. The van der Waals surface area contributed by atoms with Gasteiger partial charge in [-0.1, -0.05) is 29.3 Å². The smallest absolute Gasteiger partial charge is 0.260 e. The first kappa shape index (κ1) is 17.9. The Hall–Kier alpha value is -2.86. The number of nitrogens with zero attached hydrogens (tertiary/aromatic N) is 3. The normalized spacial score (nSPS) is 10.6. The Morgan fingerprint density at radius 1 is 1.12 bits per heavy atom. The zero-order valence-corrected chi connectivity index (χ0v) is 15.2. The minimum atomic E-state index is -0.199. The predicted octanol–water partition coefficient (Wildman–Crippen LogP) is 3.74. The van der Waals surface area contributed by atoms with Gasteiger partial charge >= 0.3 is 0 Å². The van der Waals surface area contributed by atoms with Crippen molar-refractivity contribution in [1.82, 2.24) is 15.1 Å². The topological polar surface area (TPSA) is 68.5 Å². The molecule has 0 N–H and O–H groups in total. The highest BCUT2D eigenvalue weighted by Gasteiger charge is 2.15. The molecular formula is C19H18ClN3O3. The van der Waals surface area contributed by atoms with E-state index in [0.717, 1.165) is 11.1 Å². The minimum absolute atomic E-state index is 0.0862. The van der Waals surface area contributed by atoms with Gasteiger partial charge in [0.1, 0.15) is 5.75 Å². The highest BCUT2D eigenvalue weighted by Crippen LogP contribution is 2.19. The molecule has 1 aromatic heterocycles. The van der Waals surface area contributed by atoms with Crippen molar-refractivity contribution in [2.45, 2.75) is 13.5 Å². The molecule has 3 rings (SSSR count). The molecule has 0 fully saturated rings. The largest absolute Gasteiger partial charge is 0.484 e. The molecule has 6 nitrogen and oxygen atoms in total. The zero-order chi connectivity index (χ0) is 18.5. The molecule has 0 aliphatic rings. The Labute approximate surface area is 156 Å². The van der Waals surface area contributed by atoms with Gasteiger partial charge in [0, 0.05) is 17.6 Å². The van der Waals surface area contributed by atoms with Crippen LogP contribution in [0.1, 0.15) is 11.5 Å². The average Bonchev–Trinajstić information content (AvgIpc) is 3.10. The van der Waals surface area contributed by atoms with Crippen LogP contribution < -0.4 is 4.74 Å². The fourth-order valence-electron chi connectivity index (χ4n) is 2.21. The lowest BCUT2D eigenvalue weighted by molar-refractivity contribution is -0.132. The highest BCUT2D eigenvalue weighted by molar-refractivity contribution is 6.30. The highest BCUT2D eigenvalue weighted by atomic mass is 35.5. The van der Waals surface area contributed by atoms with Gasteiger partial charge in [-0.05, 0) is 43.3 Å². The molecule has 0 radical (unpaired) electrons. The van der Waals surface area contributed by atoms with Crippen molar-refractivity contribution in [2.24, 2.45) is 0 Å². The maximum Gasteiger partial charge on any atom is 0.260 e. The summed E-state index contributed by atoms with van der Waals surface area (Å²) in [6.45, 7) is 2.13. The summed E-state index contributed by atoms with van der Waals surface area (Å²) >= 11 is 5.82.